The van der Waals surface area contributed by atoms with Crippen LogP contribution in [0.2, 0.25) is 0 Å². The van der Waals surface area contributed by atoms with Crippen molar-refractivity contribution in [2.24, 2.45) is 5.73 Å². The lowest BCUT2D eigenvalue weighted by Crippen LogP contribution is -2.23. The summed E-state index contributed by atoms with van der Waals surface area (Å²) in [7, 11) is 3.46. The number of nitrogens with one attached hydrogen (secondary N) is 1. The van der Waals surface area contributed by atoms with Crippen LogP contribution >= 0.6 is 11.8 Å². The molecule has 0 aliphatic heterocycles. The average molecular weight is 251 g/mol. The molecule has 1 rings (SSSR count). The molecule has 0 aromatic heterocycles. The molecule has 0 saturated heterocycles. The zero-order valence-electron chi connectivity index (χ0n) is 10.3. The van der Waals surface area contributed by atoms with E-state index < -0.39 is 0 Å². The smallest absolute Gasteiger partial charge is 0.232 e. The maximum absolute atomic E-state index is 11.5. The molecule has 1 aromatic rings. The molecular weight excluding hydrogens is 234 g/mol. The minimum atomic E-state index is 0.0357. The van der Waals surface area contributed by atoms with E-state index in [1.165, 1.54) is 11.8 Å². The molecule has 0 bridgehead atoms. The predicted octanol–water partition coefficient (Wildman–Crippen LogP) is 1.46. The average Bonchev–Trinajstić information content (AvgIpc) is 2.26. The topological polar surface area (TPSA) is 70.2 Å². The number of nitrogen functional groups attached to an aromatic ring is 1. The molecule has 92 valence electrons. The molecule has 1 aromatic carbocycles. The Kier molecular flexibility index (Phi) is 4.57. The van der Waals surface area contributed by atoms with Crippen LogP contribution in [0.15, 0.2) is 23.1 Å². The summed E-state index contributed by atoms with van der Waals surface area (Å²) in [5, 5.41) is 7.51. The first-order valence-electron chi connectivity index (χ1n) is 5.20. The number of aryl methyl sites for hydroxylation is 1. The van der Waals surface area contributed by atoms with Crippen molar-refractivity contribution >= 4 is 23.5 Å². The number of amidine groups is 1. The van der Waals surface area contributed by atoms with Gasteiger partial charge in [0.2, 0.25) is 5.91 Å². The number of hydrogen-bond acceptors (Lipinski definition) is 3. The molecule has 1 amide bonds. The summed E-state index contributed by atoms with van der Waals surface area (Å²) in [4.78, 5) is 14.0. The third kappa shape index (κ3) is 3.49. The molecule has 0 saturated carbocycles. The summed E-state index contributed by atoms with van der Waals surface area (Å²) >= 11 is 1.43. The van der Waals surface area contributed by atoms with E-state index in [-0.39, 0.29) is 11.7 Å². The summed E-state index contributed by atoms with van der Waals surface area (Å²) in [5.74, 6) is 0.444. The van der Waals surface area contributed by atoms with E-state index in [2.05, 4.69) is 0 Å². The van der Waals surface area contributed by atoms with Gasteiger partial charge in [0.05, 0.1) is 5.75 Å². The van der Waals surface area contributed by atoms with Gasteiger partial charge < -0.3 is 10.6 Å². The normalized spacial score (nSPS) is 10.1. The summed E-state index contributed by atoms with van der Waals surface area (Å²) in [6, 6.07) is 5.62. The first-order valence-corrected chi connectivity index (χ1v) is 6.19. The van der Waals surface area contributed by atoms with Crippen LogP contribution in [0.4, 0.5) is 0 Å². The minimum Gasteiger partial charge on any atom is -0.384 e. The van der Waals surface area contributed by atoms with Crippen molar-refractivity contribution < 1.29 is 4.79 Å². The number of benzene rings is 1. The van der Waals surface area contributed by atoms with Crippen LogP contribution in [-0.2, 0) is 4.79 Å². The monoisotopic (exact) mass is 251 g/mol. The molecule has 0 radical (unpaired) electrons. The number of nitrogens with two attached hydrogens (primary N) is 1. The van der Waals surface area contributed by atoms with Crippen LogP contribution in [-0.4, -0.2) is 36.5 Å². The lowest BCUT2D eigenvalue weighted by atomic mass is 10.1. The van der Waals surface area contributed by atoms with E-state index >= 15 is 0 Å². The van der Waals surface area contributed by atoms with E-state index in [0.717, 1.165) is 10.5 Å². The Balaban J connectivity index is 2.90. The van der Waals surface area contributed by atoms with Crippen LogP contribution in [0.3, 0.4) is 0 Å². The van der Waals surface area contributed by atoms with Crippen molar-refractivity contribution in [1.29, 1.82) is 5.41 Å². The maximum atomic E-state index is 11.5. The van der Waals surface area contributed by atoms with E-state index in [4.69, 9.17) is 11.1 Å². The largest absolute Gasteiger partial charge is 0.384 e. The Morgan fingerprint density at radius 3 is 2.65 bits per heavy atom. The fraction of sp³-hybridized carbons (Fsp3) is 0.333. The third-order valence-corrected chi connectivity index (χ3v) is 3.56. The molecule has 0 aliphatic carbocycles. The highest BCUT2D eigenvalue weighted by molar-refractivity contribution is 8.00. The van der Waals surface area contributed by atoms with Crippen LogP contribution in [0.5, 0.6) is 0 Å². The first-order chi connectivity index (χ1) is 7.93. The number of amides is 1. The maximum Gasteiger partial charge on any atom is 0.232 e. The summed E-state index contributed by atoms with van der Waals surface area (Å²) in [5.41, 5.74) is 7.26. The standard InChI is InChI=1S/C12H17N3OS/c1-8-5-4-6-9(12(13)14)11(8)17-7-10(16)15(2)3/h4-6H,7H2,1-3H3,(H3,13,14). The molecule has 0 atom stereocenters. The SMILES string of the molecule is Cc1cccc(C(=N)N)c1SCC(=O)N(C)C. The van der Waals surface area contributed by atoms with Crippen molar-refractivity contribution in [3.8, 4) is 0 Å². The van der Waals surface area contributed by atoms with Gasteiger partial charge in [-0.2, -0.15) is 0 Å². The molecule has 5 heteroatoms. The third-order valence-electron chi connectivity index (χ3n) is 2.34. The highest BCUT2D eigenvalue weighted by Gasteiger charge is 2.11. The zero-order valence-corrected chi connectivity index (χ0v) is 11.1. The minimum absolute atomic E-state index is 0.0357. The van der Waals surface area contributed by atoms with Gasteiger partial charge in [-0.3, -0.25) is 10.2 Å². The molecule has 3 N–H and O–H groups in total. The number of rotatable bonds is 4. The van der Waals surface area contributed by atoms with E-state index in [1.54, 1.807) is 25.1 Å². The van der Waals surface area contributed by atoms with Gasteiger partial charge in [-0.15, -0.1) is 11.8 Å². The lowest BCUT2D eigenvalue weighted by Gasteiger charge is -2.13. The van der Waals surface area contributed by atoms with Crippen molar-refractivity contribution in [3.63, 3.8) is 0 Å². The van der Waals surface area contributed by atoms with E-state index in [9.17, 15) is 4.79 Å². The zero-order chi connectivity index (χ0) is 13.0. The molecule has 17 heavy (non-hydrogen) atoms. The molecule has 0 heterocycles. The quantitative estimate of drug-likeness (QED) is 0.483. The van der Waals surface area contributed by atoms with E-state index in [1.807, 2.05) is 19.1 Å². The fourth-order valence-electron chi connectivity index (χ4n) is 1.32. The van der Waals surface area contributed by atoms with E-state index in [0.29, 0.717) is 11.3 Å². The summed E-state index contributed by atoms with van der Waals surface area (Å²) < 4.78 is 0. The molecule has 4 nitrogen and oxygen atoms in total. The van der Waals surface area contributed by atoms with Gasteiger partial charge in [0.1, 0.15) is 5.84 Å². The van der Waals surface area contributed by atoms with Gasteiger partial charge in [0, 0.05) is 24.6 Å². The van der Waals surface area contributed by atoms with Gasteiger partial charge >= 0.3 is 0 Å². The van der Waals surface area contributed by atoms with Gasteiger partial charge in [-0.25, -0.2) is 0 Å². The number of hydrogen-bond donors (Lipinski definition) is 2. The van der Waals surface area contributed by atoms with Crippen molar-refractivity contribution in [3.05, 3.63) is 29.3 Å². The Hall–Kier alpha value is -1.49. The predicted molar refractivity (Wildman–Crippen MR) is 71.6 cm³/mol. The van der Waals surface area contributed by atoms with Gasteiger partial charge in [0.15, 0.2) is 0 Å². The van der Waals surface area contributed by atoms with Crippen molar-refractivity contribution in [2.45, 2.75) is 11.8 Å². The van der Waals surface area contributed by atoms with Crippen LogP contribution in [0.1, 0.15) is 11.1 Å². The highest BCUT2D eigenvalue weighted by Crippen LogP contribution is 2.26. The van der Waals surface area contributed by atoms with Crippen molar-refractivity contribution in [2.75, 3.05) is 19.8 Å². The molecule has 0 unspecified atom stereocenters. The molecular formula is C12H17N3OS. The van der Waals surface area contributed by atoms with Crippen molar-refractivity contribution in [1.82, 2.24) is 4.90 Å². The Labute approximate surface area is 106 Å². The molecule has 0 aliphatic rings. The Bertz CT molecular complexity index is 443. The molecule has 0 fully saturated rings. The second-order valence-corrected chi connectivity index (χ2v) is 4.93. The van der Waals surface area contributed by atoms with Crippen LogP contribution in [0, 0.1) is 12.3 Å². The number of nitrogens with zero attached hydrogens (tertiary/aromatic N) is 1. The number of carbonyl (C=O) groups excluding carboxylic acids is 1. The van der Waals surface area contributed by atoms with Gasteiger partial charge in [-0.05, 0) is 12.5 Å². The first kappa shape index (κ1) is 13.6. The Morgan fingerprint density at radius 1 is 1.47 bits per heavy atom. The second kappa shape index (κ2) is 5.72. The number of carbonyl (C=O) groups is 1. The fourth-order valence-corrected chi connectivity index (χ4v) is 2.47. The summed E-state index contributed by atoms with van der Waals surface area (Å²) in [6.07, 6.45) is 0. The Morgan fingerprint density at radius 2 is 2.12 bits per heavy atom. The molecule has 0 spiro atoms. The van der Waals surface area contributed by atoms with Crippen LogP contribution in [0.25, 0.3) is 0 Å². The highest BCUT2D eigenvalue weighted by atomic mass is 32.2. The van der Waals surface area contributed by atoms with Crippen LogP contribution < -0.4 is 5.73 Å². The summed E-state index contributed by atoms with van der Waals surface area (Å²) in [6.45, 7) is 1.95. The van der Waals surface area contributed by atoms with Gasteiger partial charge in [0.25, 0.3) is 0 Å². The second-order valence-electron chi connectivity index (χ2n) is 3.94. The number of thioether (sulfide) groups is 1. The van der Waals surface area contributed by atoms with Gasteiger partial charge in [-0.1, -0.05) is 18.2 Å². The lowest BCUT2D eigenvalue weighted by molar-refractivity contribution is -0.125.